The van der Waals surface area contributed by atoms with Gasteiger partial charge in [0.2, 0.25) is 5.82 Å². The van der Waals surface area contributed by atoms with Crippen LogP contribution in [0.4, 0.5) is 22.0 Å². The highest BCUT2D eigenvalue weighted by Gasteiger charge is 2.26. The van der Waals surface area contributed by atoms with Crippen molar-refractivity contribution in [2.75, 3.05) is 5.32 Å². The van der Waals surface area contributed by atoms with E-state index in [1.165, 1.54) is 12.1 Å². The van der Waals surface area contributed by atoms with Crippen molar-refractivity contribution in [1.29, 1.82) is 0 Å². The molecule has 148 valence electrons. The van der Waals surface area contributed by atoms with Gasteiger partial charge in [-0.2, -0.15) is 0 Å². The number of carbonyl (C=O) groups is 1. The fourth-order valence-corrected chi connectivity index (χ4v) is 3.41. The van der Waals surface area contributed by atoms with Gasteiger partial charge in [-0.05, 0) is 78.9 Å². The number of rotatable bonds is 4. The normalized spacial score (nSPS) is 15.6. The van der Waals surface area contributed by atoms with Crippen molar-refractivity contribution in [3.8, 4) is 0 Å². The number of pyridine rings is 1. The summed E-state index contributed by atoms with van der Waals surface area (Å²) in [7, 11) is 0. The lowest BCUT2D eigenvalue weighted by molar-refractivity contribution is -0.384. The number of aromatic nitrogens is 1. The van der Waals surface area contributed by atoms with E-state index in [-0.39, 0.29) is 17.5 Å². The predicted molar refractivity (Wildman–Crippen MR) is 109 cm³/mol. The number of halogens is 1. The molecule has 1 aromatic heterocycles. The molecule has 0 aliphatic heterocycles. The maximum Gasteiger partial charge on any atom is 0.408 e. The Hall–Kier alpha value is -2.68. The molecule has 28 heavy (non-hydrogen) atoms. The lowest BCUT2D eigenvalue weighted by atomic mass is 10.1. The van der Waals surface area contributed by atoms with Crippen LogP contribution in [-0.4, -0.2) is 21.6 Å². The Bertz CT molecular complexity index is 927. The number of nitro groups is 1. The van der Waals surface area contributed by atoms with E-state index in [1.807, 2.05) is 39.0 Å². The number of fused-ring (bicyclic) bond motifs is 1. The van der Waals surface area contributed by atoms with Crippen LogP contribution in [0.3, 0.4) is 0 Å². The number of carbonyl (C=O) groups excluding carboxylic acids is 1. The Morgan fingerprint density at radius 1 is 1.32 bits per heavy atom. The molecule has 0 saturated carbocycles. The van der Waals surface area contributed by atoms with E-state index in [2.05, 4.69) is 31.5 Å². The smallest absolute Gasteiger partial charge is 0.408 e. The number of amides is 1. The fraction of sp³-hybridized carbons (Fsp3) is 0.368. The summed E-state index contributed by atoms with van der Waals surface area (Å²) in [5, 5.41) is 17.1. The Morgan fingerprint density at radius 2 is 2.07 bits per heavy atom. The van der Waals surface area contributed by atoms with Gasteiger partial charge >= 0.3 is 11.8 Å². The summed E-state index contributed by atoms with van der Waals surface area (Å²) >= 11 is 3.23. The van der Waals surface area contributed by atoms with Gasteiger partial charge in [-0.25, -0.2) is 9.78 Å². The van der Waals surface area contributed by atoms with Crippen molar-refractivity contribution in [2.45, 2.75) is 45.3 Å². The number of nitrogens with one attached hydrogen (secondary N) is 2. The highest BCUT2D eigenvalue weighted by atomic mass is 79.9. The monoisotopic (exact) mass is 448 g/mol. The molecule has 0 unspecified atom stereocenters. The first kappa shape index (κ1) is 20.1. The van der Waals surface area contributed by atoms with E-state index in [4.69, 9.17) is 4.74 Å². The largest absolute Gasteiger partial charge is 0.444 e. The average molecular weight is 449 g/mol. The molecule has 0 fully saturated rings. The zero-order valence-electron chi connectivity index (χ0n) is 15.8. The standard InChI is InChI=1S/C19H21BrN4O4/c1-19(2,3)28-18(25)22-14-7-4-11-10-12(5-6-13(11)14)21-17-15(24(26)27)8-9-16(20)23-17/h5-6,8-10,14H,4,7H2,1-3H3,(H,21,23)(H,22,25)/t14-/m0/s1. The number of aryl methyl sites for hydroxylation is 1. The van der Waals surface area contributed by atoms with Crippen LogP contribution in [0, 0.1) is 10.1 Å². The number of ether oxygens (including phenoxy) is 1. The second-order valence-corrected chi connectivity index (χ2v) is 8.35. The van der Waals surface area contributed by atoms with Crippen LogP contribution >= 0.6 is 15.9 Å². The molecular formula is C19H21BrN4O4. The van der Waals surface area contributed by atoms with Crippen molar-refractivity contribution in [2.24, 2.45) is 0 Å². The molecule has 9 heteroatoms. The maximum absolute atomic E-state index is 12.0. The number of anilines is 2. The molecule has 2 N–H and O–H groups in total. The van der Waals surface area contributed by atoms with Gasteiger partial charge < -0.3 is 15.4 Å². The van der Waals surface area contributed by atoms with Crippen LogP contribution < -0.4 is 10.6 Å². The Labute approximate surface area is 171 Å². The molecule has 1 heterocycles. The second-order valence-electron chi connectivity index (χ2n) is 7.53. The minimum Gasteiger partial charge on any atom is -0.444 e. The molecule has 1 atom stereocenters. The van der Waals surface area contributed by atoms with Crippen LogP contribution in [0.25, 0.3) is 0 Å². The van der Waals surface area contributed by atoms with Gasteiger partial charge in [0.05, 0.1) is 11.0 Å². The number of hydrogen-bond donors (Lipinski definition) is 2. The van der Waals surface area contributed by atoms with Crippen molar-refractivity contribution in [1.82, 2.24) is 10.3 Å². The third-order valence-corrected chi connectivity index (χ3v) is 4.65. The summed E-state index contributed by atoms with van der Waals surface area (Å²) in [4.78, 5) is 26.9. The van der Waals surface area contributed by atoms with Crippen LogP contribution in [0.5, 0.6) is 0 Å². The first-order chi connectivity index (χ1) is 13.1. The van der Waals surface area contributed by atoms with Gasteiger partial charge in [-0.15, -0.1) is 0 Å². The van der Waals surface area contributed by atoms with Gasteiger partial charge in [-0.1, -0.05) is 6.07 Å². The van der Waals surface area contributed by atoms with Gasteiger partial charge in [0.1, 0.15) is 10.2 Å². The molecule has 0 spiro atoms. The Kier molecular flexibility index (Phi) is 5.55. The zero-order chi connectivity index (χ0) is 20.5. The third-order valence-electron chi connectivity index (χ3n) is 4.21. The third kappa shape index (κ3) is 4.78. The second kappa shape index (κ2) is 7.75. The summed E-state index contributed by atoms with van der Waals surface area (Å²) in [6.07, 6.45) is 1.12. The van der Waals surface area contributed by atoms with Gasteiger partial charge in [0.25, 0.3) is 0 Å². The Balaban J connectivity index is 1.76. The first-order valence-corrected chi connectivity index (χ1v) is 9.62. The summed E-state index contributed by atoms with van der Waals surface area (Å²) in [6.45, 7) is 5.47. The zero-order valence-corrected chi connectivity index (χ0v) is 17.4. The molecule has 8 nitrogen and oxygen atoms in total. The lowest BCUT2D eigenvalue weighted by Gasteiger charge is -2.22. The van der Waals surface area contributed by atoms with Crippen molar-refractivity contribution in [3.63, 3.8) is 0 Å². The number of alkyl carbamates (subject to hydrolysis) is 1. The van der Waals surface area contributed by atoms with E-state index in [1.54, 1.807) is 0 Å². The van der Waals surface area contributed by atoms with E-state index in [0.29, 0.717) is 10.3 Å². The van der Waals surface area contributed by atoms with E-state index >= 15 is 0 Å². The number of nitrogens with zero attached hydrogens (tertiary/aromatic N) is 2. The van der Waals surface area contributed by atoms with E-state index in [0.717, 1.165) is 24.0 Å². The molecule has 0 bridgehead atoms. The highest BCUT2D eigenvalue weighted by Crippen LogP contribution is 2.35. The quantitative estimate of drug-likeness (QED) is 0.386. The van der Waals surface area contributed by atoms with Gasteiger partial charge in [0, 0.05) is 11.8 Å². The Morgan fingerprint density at radius 3 is 2.75 bits per heavy atom. The molecule has 1 aliphatic carbocycles. The van der Waals surface area contributed by atoms with E-state index in [9.17, 15) is 14.9 Å². The summed E-state index contributed by atoms with van der Waals surface area (Å²) in [6, 6.07) is 8.47. The molecule has 1 amide bonds. The van der Waals surface area contributed by atoms with Crippen LogP contribution in [0.15, 0.2) is 34.9 Å². The minimum atomic E-state index is -0.551. The molecule has 1 aliphatic rings. The molecule has 2 aromatic rings. The number of hydrogen-bond acceptors (Lipinski definition) is 6. The van der Waals surface area contributed by atoms with Crippen LogP contribution in [0.2, 0.25) is 0 Å². The molecule has 0 radical (unpaired) electrons. The SMILES string of the molecule is CC(C)(C)OC(=O)N[C@H]1CCc2cc(Nc3nc(Br)ccc3[N+](=O)[O-])ccc21. The van der Waals surface area contributed by atoms with Crippen LogP contribution in [-0.2, 0) is 11.2 Å². The summed E-state index contributed by atoms with van der Waals surface area (Å²) < 4.78 is 5.83. The molecule has 3 rings (SSSR count). The van der Waals surface area contributed by atoms with E-state index < -0.39 is 16.6 Å². The average Bonchev–Trinajstić information content (AvgIpc) is 2.95. The van der Waals surface area contributed by atoms with Crippen molar-refractivity contribution < 1.29 is 14.5 Å². The molecular weight excluding hydrogens is 428 g/mol. The summed E-state index contributed by atoms with van der Waals surface area (Å²) in [5.41, 5.74) is 2.14. The number of benzene rings is 1. The van der Waals surface area contributed by atoms with Gasteiger partial charge in [0.15, 0.2) is 0 Å². The molecule has 1 aromatic carbocycles. The first-order valence-electron chi connectivity index (χ1n) is 8.83. The van der Waals surface area contributed by atoms with Crippen molar-refractivity contribution >= 4 is 39.2 Å². The predicted octanol–water partition coefficient (Wildman–Crippen LogP) is 5.01. The van der Waals surface area contributed by atoms with Gasteiger partial charge in [-0.3, -0.25) is 10.1 Å². The lowest BCUT2D eigenvalue weighted by Crippen LogP contribution is -2.34. The minimum absolute atomic E-state index is 0.104. The topological polar surface area (TPSA) is 106 Å². The molecule has 0 saturated heterocycles. The maximum atomic E-state index is 12.0. The van der Waals surface area contributed by atoms with Crippen LogP contribution in [0.1, 0.15) is 44.4 Å². The summed E-state index contributed by atoms with van der Waals surface area (Å²) in [5.74, 6) is 0.167. The highest BCUT2D eigenvalue weighted by molar-refractivity contribution is 9.10. The fourth-order valence-electron chi connectivity index (χ4n) is 3.10. The van der Waals surface area contributed by atoms with Crippen molar-refractivity contribution in [3.05, 3.63) is 56.2 Å².